The molecular weight excluding hydrogens is 435 g/mol. The van der Waals surface area contributed by atoms with Crippen LogP contribution in [0.5, 0.6) is 0 Å². The lowest BCUT2D eigenvalue weighted by Gasteiger charge is -2.07. The number of halogens is 2. The summed E-state index contributed by atoms with van der Waals surface area (Å²) in [6.07, 6.45) is 13.9. The van der Waals surface area contributed by atoms with Gasteiger partial charge >= 0.3 is 11.9 Å². The van der Waals surface area contributed by atoms with E-state index < -0.39 is 0 Å². The van der Waals surface area contributed by atoms with Crippen LogP contribution in [0.1, 0.15) is 96.0 Å². The quantitative estimate of drug-likeness (QED) is 0.162. The molecule has 0 unspecified atom stereocenters. The Morgan fingerprint density at radius 1 is 0.742 bits per heavy atom. The summed E-state index contributed by atoms with van der Waals surface area (Å²) in [5.41, 5.74) is 0.884. The van der Waals surface area contributed by atoms with Crippen molar-refractivity contribution in [3.8, 4) is 0 Å². The van der Waals surface area contributed by atoms with Crippen LogP contribution in [0.3, 0.4) is 0 Å². The van der Waals surface area contributed by atoms with Crippen LogP contribution in [0, 0.1) is 0 Å². The third-order valence-corrected chi connectivity index (χ3v) is 5.76. The Kier molecular flexibility index (Phi) is 16.4. The maximum atomic E-state index is 11.8. The molecule has 31 heavy (non-hydrogen) atoms. The van der Waals surface area contributed by atoms with E-state index in [1.807, 2.05) is 6.07 Å². The molecule has 6 heteroatoms. The van der Waals surface area contributed by atoms with Crippen molar-refractivity contribution in [3.63, 3.8) is 0 Å². The van der Waals surface area contributed by atoms with E-state index >= 15 is 0 Å². The molecule has 4 nitrogen and oxygen atoms in total. The summed E-state index contributed by atoms with van der Waals surface area (Å²) in [5, 5.41) is 1.14. The minimum absolute atomic E-state index is 0.210. The van der Waals surface area contributed by atoms with Crippen LogP contribution in [0.4, 0.5) is 0 Å². The lowest BCUT2D eigenvalue weighted by Crippen LogP contribution is -2.10. The average Bonchev–Trinajstić information content (AvgIpc) is 2.73. The standard InChI is InChI=1S/C25H38Cl2O4/c1-2-3-4-5-6-7-8-9-10-11-18-30-24(28)13-12-14-25(29)31-19-17-21-15-16-22(26)20-23(21)27/h15-16,20H,2-14,17-19H2,1H3. The normalized spacial score (nSPS) is 10.8. The average molecular weight is 473 g/mol. The second kappa shape index (κ2) is 18.3. The van der Waals surface area contributed by atoms with Gasteiger partial charge in [0, 0.05) is 29.3 Å². The summed E-state index contributed by atoms with van der Waals surface area (Å²) in [4.78, 5) is 23.5. The summed E-state index contributed by atoms with van der Waals surface area (Å²) in [7, 11) is 0. The fourth-order valence-corrected chi connectivity index (χ4v) is 3.80. The van der Waals surface area contributed by atoms with E-state index in [0.717, 1.165) is 18.4 Å². The largest absolute Gasteiger partial charge is 0.466 e. The lowest BCUT2D eigenvalue weighted by atomic mass is 10.1. The first-order valence-corrected chi connectivity index (χ1v) is 12.5. The second-order valence-electron chi connectivity index (χ2n) is 7.96. The van der Waals surface area contributed by atoms with Crippen molar-refractivity contribution in [2.75, 3.05) is 13.2 Å². The third-order valence-electron chi connectivity index (χ3n) is 5.17. The highest BCUT2D eigenvalue weighted by atomic mass is 35.5. The number of hydrogen-bond acceptors (Lipinski definition) is 4. The van der Waals surface area contributed by atoms with Crippen LogP contribution >= 0.6 is 23.2 Å². The van der Waals surface area contributed by atoms with Crippen LogP contribution in [0.15, 0.2) is 18.2 Å². The number of carbonyl (C=O) groups excluding carboxylic acids is 2. The fraction of sp³-hybridized carbons (Fsp3) is 0.680. The summed E-state index contributed by atoms with van der Waals surface area (Å²) in [6, 6.07) is 5.25. The summed E-state index contributed by atoms with van der Waals surface area (Å²) in [6.45, 7) is 2.97. The maximum absolute atomic E-state index is 11.8. The number of unbranched alkanes of at least 4 members (excludes halogenated alkanes) is 9. The van der Waals surface area contributed by atoms with E-state index in [1.165, 1.54) is 51.4 Å². The molecule has 0 aliphatic heterocycles. The van der Waals surface area contributed by atoms with E-state index in [2.05, 4.69) is 6.92 Å². The Hall–Kier alpha value is -1.26. The predicted octanol–water partition coefficient (Wildman–Crippen LogP) is 7.71. The van der Waals surface area contributed by atoms with E-state index in [-0.39, 0.29) is 31.4 Å². The van der Waals surface area contributed by atoms with Crippen molar-refractivity contribution in [2.24, 2.45) is 0 Å². The number of ether oxygens (including phenoxy) is 2. The van der Waals surface area contributed by atoms with Crippen LogP contribution in [-0.2, 0) is 25.5 Å². The molecule has 0 spiro atoms. The highest BCUT2D eigenvalue weighted by molar-refractivity contribution is 6.35. The zero-order valence-corrected chi connectivity index (χ0v) is 20.4. The molecule has 0 saturated carbocycles. The van der Waals surface area contributed by atoms with E-state index in [0.29, 0.717) is 29.5 Å². The number of carbonyl (C=O) groups is 2. The first-order valence-electron chi connectivity index (χ1n) is 11.8. The summed E-state index contributed by atoms with van der Waals surface area (Å²) < 4.78 is 10.4. The van der Waals surface area contributed by atoms with Crippen molar-refractivity contribution in [2.45, 2.75) is 96.8 Å². The SMILES string of the molecule is CCCCCCCCCCCCOC(=O)CCCC(=O)OCCc1ccc(Cl)cc1Cl. The first kappa shape index (κ1) is 27.8. The molecule has 0 N–H and O–H groups in total. The topological polar surface area (TPSA) is 52.6 Å². The van der Waals surface area contributed by atoms with Crippen molar-refractivity contribution in [3.05, 3.63) is 33.8 Å². The van der Waals surface area contributed by atoms with Gasteiger partial charge in [-0.1, -0.05) is 94.0 Å². The van der Waals surface area contributed by atoms with Crippen molar-refractivity contribution in [1.82, 2.24) is 0 Å². The summed E-state index contributed by atoms with van der Waals surface area (Å²) >= 11 is 12.0. The molecule has 0 atom stereocenters. The molecule has 1 aromatic rings. The Morgan fingerprint density at radius 3 is 1.87 bits per heavy atom. The zero-order valence-electron chi connectivity index (χ0n) is 18.9. The molecule has 1 aromatic carbocycles. The van der Waals surface area contributed by atoms with Gasteiger partial charge in [-0.2, -0.15) is 0 Å². The van der Waals surface area contributed by atoms with Gasteiger partial charge < -0.3 is 9.47 Å². The van der Waals surface area contributed by atoms with Crippen LogP contribution in [0.25, 0.3) is 0 Å². The van der Waals surface area contributed by atoms with Crippen molar-refractivity contribution >= 4 is 35.1 Å². The van der Waals surface area contributed by atoms with Gasteiger partial charge in [-0.15, -0.1) is 0 Å². The van der Waals surface area contributed by atoms with E-state index in [9.17, 15) is 9.59 Å². The molecule has 0 amide bonds. The third kappa shape index (κ3) is 15.2. The molecule has 0 saturated heterocycles. The number of hydrogen-bond donors (Lipinski definition) is 0. The molecule has 0 aliphatic carbocycles. The zero-order chi connectivity index (χ0) is 22.7. The van der Waals surface area contributed by atoms with Gasteiger partial charge in [0.25, 0.3) is 0 Å². The van der Waals surface area contributed by atoms with Gasteiger partial charge in [0.05, 0.1) is 13.2 Å². The summed E-state index contributed by atoms with van der Waals surface area (Å²) in [5.74, 6) is -0.552. The monoisotopic (exact) mass is 472 g/mol. The minimum atomic E-state index is -0.312. The van der Waals surface area contributed by atoms with Crippen LogP contribution in [0.2, 0.25) is 10.0 Å². The molecule has 1 rings (SSSR count). The van der Waals surface area contributed by atoms with Crippen LogP contribution < -0.4 is 0 Å². The first-order chi connectivity index (χ1) is 15.0. The fourth-order valence-electron chi connectivity index (χ4n) is 3.30. The maximum Gasteiger partial charge on any atom is 0.305 e. The van der Waals surface area contributed by atoms with E-state index in [1.54, 1.807) is 12.1 Å². The van der Waals surface area contributed by atoms with Crippen molar-refractivity contribution in [1.29, 1.82) is 0 Å². The minimum Gasteiger partial charge on any atom is -0.466 e. The van der Waals surface area contributed by atoms with Gasteiger partial charge in [0.2, 0.25) is 0 Å². The predicted molar refractivity (Wildman–Crippen MR) is 128 cm³/mol. The Labute approximate surface area is 198 Å². The second-order valence-corrected chi connectivity index (χ2v) is 8.81. The molecule has 0 fully saturated rings. The molecule has 0 aliphatic rings. The van der Waals surface area contributed by atoms with Gasteiger partial charge in [0.1, 0.15) is 0 Å². The van der Waals surface area contributed by atoms with E-state index in [4.69, 9.17) is 32.7 Å². The molecule has 0 bridgehead atoms. The molecule has 0 aromatic heterocycles. The van der Waals surface area contributed by atoms with Gasteiger partial charge in [-0.3, -0.25) is 9.59 Å². The number of rotatable bonds is 18. The number of esters is 2. The van der Waals surface area contributed by atoms with Gasteiger partial charge in [-0.25, -0.2) is 0 Å². The molecule has 0 radical (unpaired) electrons. The Balaban J connectivity index is 1.93. The molecule has 0 heterocycles. The lowest BCUT2D eigenvalue weighted by molar-refractivity contribution is -0.145. The smallest absolute Gasteiger partial charge is 0.305 e. The van der Waals surface area contributed by atoms with Gasteiger partial charge in [0.15, 0.2) is 0 Å². The highest BCUT2D eigenvalue weighted by Gasteiger charge is 2.08. The highest BCUT2D eigenvalue weighted by Crippen LogP contribution is 2.21. The Bertz CT molecular complexity index is 634. The number of benzene rings is 1. The molecular formula is C25H38Cl2O4. The Morgan fingerprint density at radius 2 is 1.29 bits per heavy atom. The van der Waals surface area contributed by atoms with Crippen molar-refractivity contribution < 1.29 is 19.1 Å². The van der Waals surface area contributed by atoms with Gasteiger partial charge in [-0.05, 0) is 30.5 Å². The molecule has 176 valence electrons. The van der Waals surface area contributed by atoms with Crippen LogP contribution in [-0.4, -0.2) is 25.2 Å².